The lowest BCUT2D eigenvalue weighted by molar-refractivity contribution is -0.142. The number of carbonyl (C=O) groups excluding carboxylic acids is 2. The van der Waals surface area contributed by atoms with Crippen LogP contribution in [0.15, 0.2) is 0 Å². The lowest BCUT2D eigenvalue weighted by atomic mass is 10.3. The molecule has 0 heterocycles. The number of esters is 1. The number of ether oxygens (including phenoxy) is 1. The summed E-state index contributed by atoms with van der Waals surface area (Å²) in [6.07, 6.45) is -0.226. The van der Waals surface area contributed by atoms with E-state index in [4.69, 9.17) is 0 Å². The van der Waals surface area contributed by atoms with Crippen molar-refractivity contribution in [2.24, 2.45) is 0 Å². The first-order valence-electron chi connectivity index (χ1n) is 2.08. The molecule has 0 amide bonds. The Morgan fingerprint density at radius 2 is 2.12 bits per heavy atom. The van der Waals surface area contributed by atoms with Crippen molar-refractivity contribution in [1.29, 1.82) is 0 Å². The highest BCUT2D eigenvalue weighted by molar-refractivity contribution is 5.97. The fourth-order valence-corrected chi connectivity index (χ4v) is 0.233. The molecule has 0 fully saturated rings. The first-order chi connectivity index (χ1) is 3.66. The quantitative estimate of drug-likeness (QED) is 0.374. The molecule has 0 N–H and O–H groups in total. The van der Waals surface area contributed by atoms with Crippen LogP contribution < -0.4 is 0 Å². The van der Waals surface area contributed by atoms with Gasteiger partial charge < -0.3 is 4.74 Å². The maximum Gasteiger partial charge on any atom is 0.313 e. The molecule has 0 spiro atoms. The predicted octanol–water partition coefficient (Wildman–Crippen LogP) is -0.0473. The standard InChI is InChI=1S/C5H7O3/c1-4(6)3-5(7)8-2/h1,3H2,2H3. The summed E-state index contributed by atoms with van der Waals surface area (Å²) in [5, 5.41) is 0. The topological polar surface area (TPSA) is 43.4 Å². The monoisotopic (exact) mass is 115 g/mol. The molecule has 0 atom stereocenters. The van der Waals surface area contributed by atoms with Crippen LogP contribution >= 0.6 is 0 Å². The van der Waals surface area contributed by atoms with E-state index in [0.717, 1.165) is 0 Å². The zero-order chi connectivity index (χ0) is 6.57. The summed E-state index contributed by atoms with van der Waals surface area (Å²) in [4.78, 5) is 20.1. The van der Waals surface area contributed by atoms with Crippen LogP contribution in [0.2, 0.25) is 0 Å². The fourth-order valence-electron chi connectivity index (χ4n) is 0.233. The zero-order valence-corrected chi connectivity index (χ0v) is 4.64. The lowest BCUT2D eigenvalue weighted by Gasteiger charge is -1.90. The van der Waals surface area contributed by atoms with Crippen LogP contribution in [0.1, 0.15) is 6.42 Å². The highest BCUT2D eigenvalue weighted by Gasteiger charge is 2.01. The lowest BCUT2D eigenvalue weighted by Crippen LogP contribution is -2.05. The summed E-state index contributed by atoms with van der Waals surface area (Å²) in [7, 11) is 1.23. The van der Waals surface area contributed by atoms with Crippen molar-refractivity contribution in [1.82, 2.24) is 0 Å². The largest absolute Gasteiger partial charge is 0.469 e. The molecular weight excluding hydrogens is 108 g/mol. The van der Waals surface area contributed by atoms with E-state index in [1.54, 1.807) is 0 Å². The highest BCUT2D eigenvalue weighted by Crippen LogP contribution is 1.82. The first-order valence-corrected chi connectivity index (χ1v) is 2.08. The molecule has 0 aliphatic rings. The molecule has 0 aromatic carbocycles. The van der Waals surface area contributed by atoms with Gasteiger partial charge in [-0.1, -0.05) is 0 Å². The predicted molar refractivity (Wildman–Crippen MR) is 27.0 cm³/mol. The molecule has 0 saturated heterocycles. The van der Waals surface area contributed by atoms with Crippen molar-refractivity contribution in [3.63, 3.8) is 0 Å². The number of hydrogen-bond donors (Lipinski definition) is 0. The van der Waals surface area contributed by atoms with Crippen LogP contribution in [-0.4, -0.2) is 18.9 Å². The van der Waals surface area contributed by atoms with Crippen LogP contribution in [0, 0.1) is 6.92 Å². The second kappa shape index (κ2) is 3.18. The van der Waals surface area contributed by atoms with E-state index in [1.165, 1.54) is 7.11 Å². The molecular formula is C5H7O3. The third-order valence-electron chi connectivity index (χ3n) is 0.569. The molecule has 3 nitrogen and oxygen atoms in total. The Bertz CT molecular complexity index is 106. The zero-order valence-electron chi connectivity index (χ0n) is 4.64. The first kappa shape index (κ1) is 7.14. The maximum atomic E-state index is 10.1. The van der Waals surface area contributed by atoms with Gasteiger partial charge in [-0.25, -0.2) is 0 Å². The number of ketones is 1. The van der Waals surface area contributed by atoms with Crippen LogP contribution in [0.3, 0.4) is 0 Å². The van der Waals surface area contributed by atoms with Gasteiger partial charge in [0.1, 0.15) is 12.2 Å². The molecule has 0 aliphatic carbocycles. The average molecular weight is 115 g/mol. The van der Waals surface area contributed by atoms with E-state index in [2.05, 4.69) is 11.7 Å². The molecule has 0 aromatic heterocycles. The van der Waals surface area contributed by atoms with E-state index in [-0.39, 0.29) is 6.42 Å². The van der Waals surface area contributed by atoms with Crippen molar-refractivity contribution in [3.8, 4) is 0 Å². The number of Topliss-reactive ketones (excluding diaryl/α,β-unsaturated/α-hetero) is 1. The summed E-state index contributed by atoms with van der Waals surface area (Å²) < 4.78 is 4.16. The van der Waals surface area contributed by atoms with E-state index in [9.17, 15) is 9.59 Å². The van der Waals surface area contributed by atoms with E-state index < -0.39 is 11.8 Å². The van der Waals surface area contributed by atoms with Gasteiger partial charge in [-0.3, -0.25) is 9.59 Å². The summed E-state index contributed by atoms with van der Waals surface area (Å²) >= 11 is 0. The third-order valence-corrected chi connectivity index (χ3v) is 0.569. The molecule has 0 bridgehead atoms. The van der Waals surface area contributed by atoms with Crippen molar-refractivity contribution in [3.05, 3.63) is 6.92 Å². The number of carbonyl (C=O) groups is 2. The van der Waals surface area contributed by atoms with Gasteiger partial charge >= 0.3 is 5.97 Å². The fraction of sp³-hybridized carbons (Fsp3) is 0.400. The Hall–Kier alpha value is -0.860. The molecule has 0 saturated carbocycles. The molecule has 0 aromatic rings. The van der Waals surface area contributed by atoms with Gasteiger partial charge in [0.2, 0.25) is 0 Å². The Morgan fingerprint density at radius 3 is 2.25 bits per heavy atom. The van der Waals surface area contributed by atoms with Gasteiger partial charge in [0.15, 0.2) is 0 Å². The van der Waals surface area contributed by atoms with Gasteiger partial charge in [0, 0.05) is 6.92 Å². The molecule has 0 unspecified atom stereocenters. The molecule has 0 rings (SSSR count). The number of rotatable bonds is 2. The minimum Gasteiger partial charge on any atom is -0.469 e. The van der Waals surface area contributed by atoms with E-state index in [0.29, 0.717) is 0 Å². The second-order valence-electron chi connectivity index (χ2n) is 1.29. The summed E-state index contributed by atoms with van der Waals surface area (Å²) in [5.41, 5.74) is 0. The number of methoxy groups -OCH3 is 1. The molecule has 0 aliphatic heterocycles. The Labute approximate surface area is 47.6 Å². The molecule has 3 heteroatoms. The van der Waals surface area contributed by atoms with Gasteiger partial charge in [-0.2, -0.15) is 0 Å². The summed E-state index contributed by atoms with van der Waals surface area (Å²) in [6.45, 7) is 2.99. The Kier molecular flexibility index (Phi) is 2.84. The van der Waals surface area contributed by atoms with E-state index in [1.807, 2.05) is 0 Å². The highest BCUT2D eigenvalue weighted by atomic mass is 16.5. The van der Waals surface area contributed by atoms with E-state index >= 15 is 0 Å². The SMILES string of the molecule is [CH2]C(=O)CC(=O)OC. The van der Waals surface area contributed by atoms with Crippen LogP contribution in [-0.2, 0) is 14.3 Å². The van der Waals surface area contributed by atoms with Crippen molar-refractivity contribution >= 4 is 11.8 Å². The normalized spacial score (nSPS) is 8.25. The van der Waals surface area contributed by atoms with Crippen LogP contribution in [0.4, 0.5) is 0 Å². The van der Waals surface area contributed by atoms with Gasteiger partial charge in [-0.15, -0.1) is 0 Å². The average Bonchev–Trinajstić information content (AvgIpc) is 1.65. The van der Waals surface area contributed by atoms with Crippen molar-refractivity contribution < 1.29 is 14.3 Å². The second-order valence-corrected chi connectivity index (χ2v) is 1.29. The summed E-state index contributed by atoms with van der Waals surface area (Å²) in [5.74, 6) is -0.957. The van der Waals surface area contributed by atoms with Crippen LogP contribution in [0.5, 0.6) is 0 Å². The smallest absolute Gasteiger partial charge is 0.313 e. The minimum absolute atomic E-state index is 0.226. The van der Waals surface area contributed by atoms with Gasteiger partial charge in [0.25, 0.3) is 0 Å². The third kappa shape index (κ3) is 3.33. The number of hydrogen-bond acceptors (Lipinski definition) is 3. The van der Waals surface area contributed by atoms with Gasteiger partial charge in [0.05, 0.1) is 7.11 Å². The molecule has 8 heavy (non-hydrogen) atoms. The summed E-state index contributed by atoms with van der Waals surface area (Å²) in [6, 6.07) is 0. The molecule has 1 radical (unpaired) electrons. The molecule has 45 valence electrons. The van der Waals surface area contributed by atoms with Crippen molar-refractivity contribution in [2.45, 2.75) is 6.42 Å². The Balaban J connectivity index is 3.40. The Morgan fingerprint density at radius 1 is 1.62 bits per heavy atom. The van der Waals surface area contributed by atoms with Crippen LogP contribution in [0.25, 0.3) is 0 Å². The van der Waals surface area contributed by atoms with Crippen molar-refractivity contribution in [2.75, 3.05) is 7.11 Å². The minimum atomic E-state index is -0.537. The van der Waals surface area contributed by atoms with Gasteiger partial charge in [-0.05, 0) is 0 Å². The maximum absolute atomic E-state index is 10.1.